The SMILES string of the molecule is CNc1ncc(OC2CN(C(=O)C3CC3)C2)c2nncn12. The van der Waals surface area contributed by atoms with Gasteiger partial charge in [-0.3, -0.25) is 4.79 Å². The van der Waals surface area contributed by atoms with Crippen molar-refractivity contribution >= 4 is 17.5 Å². The second-order valence-corrected chi connectivity index (χ2v) is 5.48. The normalized spacial score (nSPS) is 18.6. The van der Waals surface area contributed by atoms with Crippen molar-refractivity contribution in [3.63, 3.8) is 0 Å². The summed E-state index contributed by atoms with van der Waals surface area (Å²) in [6, 6.07) is 0. The van der Waals surface area contributed by atoms with Crippen LogP contribution in [0.15, 0.2) is 12.5 Å². The lowest BCUT2D eigenvalue weighted by atomic mass is 10.1. The van der Waals surface area contributed by atoms with Crippen LogP contribution < -0.4 is 10.1 Å². The van der Waals surface area contributed by atoms with Crippen molar-refractivity contribution in [1.29, 1.82) is 0 Å². The van der Waals surface area contributed by atoms with Gasteiger partial charge >= 0.3 is 0 Å². The summed E-state index contributed by atoms with van der Waals surface area (Å²) in [6.07, 6.45) is 5.31. The molecule has 8 nitrogen and oxygen atoms in total. The van der Waals surface area contributed by atoms with Gasteiger partial charge in [0.25, 0.3) is 0 Å². The van der Waals surface area contributed by atoms with E-state index in [1.54, 1.807) is 24.0 Å². The highest BCUT2D eigenvalue weighted by molar-refractivity contribution is 5.81. The molecule has 1 saturated heterocycles. The molecule has 110 valence electrons. The maximum Gasteiger partial charge on any atom is 0.225 e. The van der Waals surface area contributed by atoms with E-state index in [-0.39, 0.29) is 17.9 Å². The van der Waals surface area contributed by atoms with Crippen LogP contribution in [0.25, 0.3) is 5.65 Å². The highest BCUT2D eigenvalue weighted by atomic mass is 16.5. The largest absolute Gasteiger partial charge is 0.481 e. The minimum Gasteiger partial charge on any atom is -0.481 e. The second kappa shape index (κ2) is 4.57. The molecule has 1 aliphatic heterocycles. The van der Waals surface area contributed by atoms with Crippen LogP contribution in [0.2, 0.25) is 0 Å². The van der Waals surface area contributed by atoms with Crippen molar-refractivity contribution in [3.8, 4) is 5.75 Å². The third-order valence-electron chi connectivity index (χ3n) is 3.90. The molecule has 0 bridgehead atoms. The number of rotatable bonds is 4. The van der Waals surface area contributed by atoms with Crippen molar-refractivity contribution in [2.75, 3.05) is 25.5 Å². The van der Waals surface area contributed by atoms with Crippen LogP contribution in [0.4, 0.5) is 5.95 Å². The molecule has 8 heteroatoms. The summed E-state index contributed by atoms with van der Waals surface area (Å²) >= 11 is 0. The highest BCUT2D eigenvalue weighted by Crippen LogP contribution is 2.33. The number of likely N-dealkylation sites (tertiary alicyclic amines) is 1. The lowest BCUT2D eigenvalue weighted by molar-refractivity contribution is -0.141. The Balaban J connectivity index is 1.46. The molecule has 1 saturated carbocycles. The highest BCUT2D eigenvalue weighted by Gasteiger charge is 2.40. The first-order valence-electron chi connectivity index (χ1n) is 7.08. The Bertz CT molecular complexity index is 689. The third-order valence-corrected chi connectivity index (χ3v) is 3.90. The number of nitrogens with one attached hydrogen (secondary N) is 1. The molecule has 0 atom stereocenters. The van der Waals surface area contributed by atoms with Gasteiger partial charge in [0.15, 0.2) is 5.75 Å². The molecule has 2 aromatic heterocycles. The number of anilines is 1. The molecule has 1 amide bonds. The Morgan fingerprint density at radius 1 is 1.43 bits per heavy atom. The zero-order valence-electron chi connectivity index (χ0n) is 11.7. The van der Waals surface area contributed by atoms with Crippen LogP contribution in [-0.2, 0) is 4.79 Å². The van der Waals surface area contributed by atoms with Crippen LogP contribution in [0.3, 0.4) is 0 Å². The minimum absolute atomic E-state index is 0.00966. The standard InChI is InChI=1S/C13H16N6O2/c1-14-13-15-4-10(11-17-16-7-19(11)13)21-9-5-18(6-9)12(20)8-2-3-8/h4,7-9H,2-3,5-6H2,1H3,(H,14,15). The Kier molecular flexibility index (Phi) is 2.69. The van der Waals surface area contributed by atoms with Gasteiger partial charge < -0.3 is 15.0 Å². The number of hydrogen-bond acceptors (Lipinski definition) is 6. The number of aromatic nitrogens is 4. The van der Waals surface area contributed by atoms with Gasteiger partial charge in [0, 0.05) is 13.0 Å². The number of hydrogen-bond donors (Lipinski definition) is 1. The number of ether oxygens (including phenoxy) is 1. The molecule has 2 aromatic rings. The van der Waals surface area contributed by atoms with Crippen molar-refractivity contribution in [2.45, 2.75) is 18.9 Å². The molecule has 2 aliphatic rings. The first-order valence-corrected chi connectivity index (χ1v) is 7.08. The summed E-state index contributed by atoms with van der Waals surface area (Å²) in [6.45, 7) is 1.28. The van der Waals surface area contributed by atoms with Gasteiger partial charge in [-0.1, -0.05) is 0 Å². The first-order chi connectivity index (χ1) is 10.3. The van der Waals surface area contributed by atoms with Gasteiger partial charge in [0.2, 0.25) is 17.5 Å². The average molecular weight is 288 g/mol. The van der Waals surface area contributed by atoms with E-state index in [0.717, 1.165) is 12.8 Å². The molecule has 1 aliphatic carbocycles. The van der Waals surface area contributed by atoms with Crippen LogP contribution >= 0.6 is 0 Å². The second-order valence-electron chi connectivity index (χ2n) is 5.48. The van der Waals surface area contributed by atoms with E-state index >= 15 is 0 Å². The predicted molar refractivity (Wildman–Crippen MR) is 74.0 cm³/mol. The first kappa shape index (κ1) is 12.4. The van der Waals surface area contributed by atoms with Crippen LogP contribution in [-0.4, -0.2) is 56.6 Å². The number of amides is 1. The summed E-state index contributed by atoms with van der Waals surface area (Å²) in [5, 5.41) is 10.9. The van der Waals surface area contributed by atoms with Gasteiger partial charge in [-0.05, 0) is 12.8 Å². The van der Waals surface area contributed by atoms with Crippen LogP contribution in [0.5, 0.6) is 5.75 Å². The molecule has 0 aromatic carbocycles. The molecular weight excluding hydrogens is 272 g/mol. The zero-order chi connectivity index (χ0) is 14.4. The van der Waals surface area contributed by atoms with E-state index in [1.807, 2.05) is 4.90 Å². The molecule has 3 heterocycles. The lowest BCUT2D eigenvalue weighted by Gasteiger charge is -2.39. The third kappa shape index (κ3) is 2.07. The van der Waals surface area contributed by atoms with E-state index in [1.165, 1.54) is 0 Å². The topological polar surface area (TPSA) is 84.7 Å². The monoisotopic (exact) mass is 288 g/mol. The van der Waals surface area contributed by atoms with Gasteiger partial charge in [0.1, 0.15) is 12.4 Å². The van der Waals surface area contributed by atoms with E-state index in [9.17, 15) is 4.79 Å². The average Bonchev–Trinajstić information content (AvgIpc) is 3.19. The lowest BCUT2D eigenvalue weighted by Crippen LogP contribution is -2.56. The Morgan fingerprint density at radius 3 is 2.95 bits per heavy atom. The summed E-state index contributed by atoms with van der Waals surface area (Å²) < 4.78 is 7.63. The summed E-state index contributed by atoms with van der Waals surface area (Å²) in [4.78, 5) is 18.0. The van der Waals surface area contributed by atoms with E-state index in [2.05, 4.69) is 20.5 Å². The van der Waals surface area contributed by atoms with E-state index in [0.29, 0.717) is 30.4 Å². The summed E-state index contributed by atoms with van der Waals surface area (Å²) in [7, 11) is 1.79. The fraction of sp³-hybridized carbons (Fsp3) is 0.538. The van der Waals surface area contributed by atoms with Crippen molar-refractivity contribution in [2.24, 2.45) is 5.92 Å². The van der Waals surface area contributed by atoms with E-state index in [4.69, 9.17) is 4.74 Å². The van der Waals surface area contributed by atoms with Crippen LogP contribution in [0, 0.1) is 5.92 Å². The molecule has 4 rings (SSSR count). The van der Waals surface area contributed by atoms with E-state index < -0.39 is 0 Å². The molecule has 0 unspecified atom stereocenters. The Morgan fingerprint density at radius 2 is 2.24 bits per heavy atom. The Labute approximate surface area is 121 Å². The number of carbonyl (C=O) groups excluding carboxylic acids is 1. The Hall–Kier alpha value is -2.38. The smallest absolute Gasteiger partial charge is 0.225 e. The fourth-order valence-electron chi connectivity index (χ4n) is 2.53. The molecule has 21 heavy (non-hydrogen) atoms. The molecular formula is C13H16N6O2. The quantitative estimate of drug-likeness (QED) is 0.863. The molecule has 0 radical (unpaired) electrons. The summed E-state index contributed by atoms with van der Waals surface area (Å²) in [5.41, 5.74) is 0.626. The molecule has 1 N–H and O–H groups in total. The maximum atomic E-state index is 11.9. The zero-order valence-corrected chi connectivity index (χ0v) is 11.7. The molecule has 0 spiro atoms. The van der Waals surface area contributed by atoms with Gasteiger partial charge in [-0.15, -0.1) is 10.2 Å². The van der Waals surface area contributed by atoms with Gasteiger partial charge in [0.05, 0.1) is 19.3 Å². The van der Waals surface area contributed by atoms with Crippen LogP contribution in [0.1, 0.15) is 12.8 Å². The van der Waals surface area contributed by atoms with Crippen molar-refractivity contribution in [3.05, 3.63) is 12.5 Å². The maximum absolute atomic E-state index is 11.9. The van der Waals surface area contributed by atoms with Gasteiger partial charge in [-0.2, -0.15) is 0 Å². The number of carbonyl (C=O) groups is 1. The fourth-order valence-corrected chi connectivity index (χ4v) is 2.53. The predicted octanol–water partition coefficient (Wildman–Crippen LogP) is 0.166. The minimum atomic E-state index is 0.00966. The number of nitrogens with zero attached hydrogens (tertiary/aromatic N) is 5. The van der Waals surface area contributed by atoms with Crippen molar-refractivity contribution in [1.82, 2.24) is 24.5 Å². The van der Waals surface area contributed by atoms with Gasteiger partial charge in [-0.25, -0.2) is 9.38 Å². The summed E-state index contributed by atoms with van der Waals surface area (Å²) in [5.74, 6) is 1.79. The number of fused-ring (bicyclic) bond motifs is 1. The molecule has 2 fully saturated rings. The van der Waals surface area contributed by atoms with Crippen molar-refractivity contribution < 1.29 is 9.53 Å².